The quantitative estimate of drug-likeness (QED) is 0.696. The van der Waals surface area contributed by atoms with Crippen LogP contribution in [0.15, 0.2) is 76.2 Å². The van der Waals surface area contributed by atoms with Crippen molar-refractivity contribution < 1.29 is 17.6 Å². The van der Waals surface area contributed by atoms with Gasteiger partial charge in [-0.1, -0.05) is 24.3 Å². The molecule has 1 heterocycles. The smallest absolute Gasteiger partial charge is 0.240 e. The van der Waals surface area contributed by atoms with Crippen LogP contribution >= 0.6 is 0 Å². The minimum absolute atomic E-state index is 0.0989. The molecule has 6 nitrogen and oxygen atoms in total. The van der Waals surface area contributed by atoms with Gasteiger partial charge < -0.3 is 9.73 Å². The van der Waals surface area contributed by atoms with Crippen molar-refractivity contribution in [3.8, 4) is 11.1 Å². The van der Waals surface area contributed by atoms with Crippen molar-refractivity contribution >= 4 is 21.6 Å². The van der Waals surface area contributed by atoms with Crippen molar-refractivity contribution in [2.24, 2.45) is 0 Å². The van der Waals surface area contributed by atoms with E-state index in [0.717, 1.165) is 11.1 Å². The maximum absolute atomic E-state index is 12.3. The molecule has 3 rings (SSSR count). The van der Waals surface area contributed by atoms with Crippen LogP contribution in [-0.2, 0) is 21.4 Å². The Labute approximate surface area is 151 Å². The lowest BCUT2D eigenvalue weighted by Gasteiger charge is -2.08. The fourth-order valence-electron chi connectivity index (χ4n) is 2.44. The number of carbonyl (C=O) groups is 1. The van der Waals surface area contributed by atoms with Gasteiger partial charge >= 0.3 is 0 Å². The van der Waals surface area contributed by atoms with E-state index < -0.39 is 10.0 Å². The van der Waals surface area contributed by atoms with Gasteiger partial charge in [0, 0.05) is 12.6 Å². The topological polar surface area (TPSA) is 88.4 Å². The van der Waals surface area contributed by atoms with E-state index in [1.807, 2.05) is 12.1 Å². The van der Waals surface area contributed by atoms with E-state index >= 15 is 0 Å². The van der Waals surface area contributed by atoms with Crippen LogP contribution in [0.25, 0.3) is 11.1 Å². The van der Waals surface area contributed by atoms with Crippen LogP contribution in [0.4, 0.5) is 5.69 Å². The molecule has 7 heteroatoms. The van der Waals surface area contributed by atoms with Crippen molar-refractivity contribution in [3.63, 3.8) is 0 Å². The van der Waals surface area contributed by atoms with Gasteiger partial charge in [-0.05, 0) is 47.5 Å². The van der Waals surface area contributed by atoms with Crippen LogP contribution in [0.1, 0.15) is 12.7 Å². The monoisotopic (exact) mass is 370 g/mol. The lowest BCUT2D eigenvalue weighted by Crippen LogP contribution is -2.22. The van der Waals surface area contributed by atoms with Gasteiger partial charge in [-0.2, -0.15) is 0 Å². The van der Waals surface area contributed by atoms with Gasteiger partial charge in [0.15, 0.2) is 0 Å². The van der Waals surface area contributed by atoms with E-state index in [9.17, 15) is 13.2 Å². The van der Waals surface area contributed by atoms with E-state index in [4.69, 9.17) is 4.42 Å². The van der Waals surface area contributed by atoms with Gasteiger partial charge in [-0.3, -0.25) is 4.79 Å². The summed E-state index contributed by atoms with van der Waals surface area (Å²) in [7, 11) is -3.61. The molecule has 0 aliphatic heterocycles. The predicted octanol–water partition coefficient (Wildman–Crippen LogP) is 3.38. The molecule has 0 spiro atoms. The van der Waals surface area contributed by atoms with E-state index in [0.29, 0.717) is 11.4 Å². The second-order valence-electron chi connectivity index (χ2n) is 5.69. The average molecular weight is 370 g/mol. The Hall–Kier alpha value is -2.90. The SMILES string of the molecule is CC(=O)Nc1ccc(-c2ccc(S(=O)(=O)NCc3ccco3)cc2)cc1. The summed E-state index contributed by atoms with van der Waals surface area (Å²) in [5, 5.41) is 2.70. The fourth-order valence-corrected chi connectivity index (χ4v) is 3.43. The Morgan fingerprint density at radius 1 is 0.962 bits per heavy atom. The van der Waals surface area contributed by atoms with Crippen LogP contribution in [0, 0.1) is 0 Å². The first-order valence-electron chi connectivity index (χ1n) is 7.94. The summed E-state index contributed by atoms with van der Waals surface area (Å²) in [6.07, 6.45) is 1.50. The van der Waals surface area contributed by atoms with Crippen LogP contribution in [0.3, 0.4) is 0 Å². The minimum atomic E-state index is -3.61. The zero-order valence-corrected chi connectivity index (χ0v) is 14.9. The highest BCUT2D eigenvalue weighted by atomic mass is 32.2. The molecule has 1 amide bonds. The molecule has 134 valence electrons. The summed E-state index contributed by atoms with van der Waals surface area (Å²) < 4.78 is 32.3. The highest BCUT2D eigenvalue weighted by Gasteiger charge is 2.14. The molecule has 0 aliphatic rings. The predicted molar refractivity (Wildman–Crippen MR) is 98.9 cm³/mol. The summed E-state index contributed by atoms with van der Waals surface area (Å²) in [5.74, 6) is 0.416. The molecule has 3 aromatic rings. The molecule has 0 saturated carbocycles. The standard InChI is InChI=1S/C19H18N2O4S/c1-14(22)21-17-8-4-15(5-9-17)16-6-10-19(11-7-16)26(23,24)20-13-18-3-2-12-25-18/h2-12,20H,13H2,1H3,(H,21,22). The Kier molecular flexibility index (Phi) is 5.20. The van der Waals surface area contributed by atoms with Crippen molar-refractivity contribution in [1.29, 1.82) is 0 Å². The maximum atomic E-state index is 12.3. The van der Waals surface area contributed by atoms with Gasteiger partial charge in [0.1, 0.15) is 5.76 Å². The Balaban J connectivity index is 1.72. The molecule has 0 fully saturated rings. The third-order valence-electron chi connectivity index (χ3n) is 3.72. The number of hydrogen-bond donors (Lipinski definition) is 2. The first-order valence-corrected chi connectivity index (χ1v) is 9.42. The molecule has 0 atom stereocenters. The van der Waals surface area contributed by atoms with Crippen LogP contribution in [0.5, 0.6) is 0 Å². The molecule has 0 radical (unpaired) electrons. The number of hydrogen-bond acceptors (Lipinski definition) is 4. The van der Waals surface area contributed by atoms with Gasteiger partial charge in [0.2, 0.25) is 15.9 Å². The van der Waals surface area contributed by atoms with Crippen molar-refractivity contribution in [2.45, 2.75) is 18.4 Å². The summed E-state index contributed by atoms with van der Waals surface area (Å²) in [6, 6.07) is 17.3. The first-order chi connectivity index (χ1) is 12.4. The van der Waals surface area contributed by atoms with Crippen molar-refractivity contribution in [2.75, 3.05) is 5.32 Å². The Morgan fingerprint density at radius 3 is 2.12 bits per heavy atom. The maximum Gasteiger partial charge on any atom is 0.240 e. The molecule has 2 aromatic carbocycles. The molecule has 0 bridgehead atoms. The van der Waals surface area contributed by atoms with Crippen molar-refractivity contribution in [1.82, 2.24) is 4.72 Å². The molecule has 26 heavy (non-hydrogen) atoms. The molecule has 0 aliphatic carbocycles. The largest absolute Gasteiger partial charge is 0.468 e. The summed E-state index contributed by atoms with van der Waals surface area (Å²) in [6.45, 7) is 1.55. The van der Waals surface area contributed by atoms with E-state index in [1.165, 1.54) is 13.2 Å². The van der Waals surface area contributed by atoms with E-state index in [2.05, 4.69) is 10.0 Å². The highest BCUT2D eigenvalue weighted by Crippen LogP contribution is 2.23. The summed E-state index contributed by atoms with van der Waals surface area (Å²) in [4.78, 5) is 11.2. The van der Waals surface area contributed by atoms with Gasteiger partial charge in [0.25, 0.3) is 0 Å². The molecule has 0 saturated heterocycles. The van der Waals surface area contributed by atoms with Gasteiger partial charge in [-0.15, -0.1) is 0 Å². The fraction of sp³-hybridized carbons (Fsp3) is 0.105. The molecule has 1 aromatic heterocycles. The molecule has 0 unspecified atom stereocenters. The molecule has 2 N–H and O–H groups in total. The second kappa shape index (κ2) is 7.55. The Morgan fingerprint density at radius 2 is 1.58 bits per heavy atom. The lowest BCUT2D eigenvalue weighted by molar-refractivity contribution is -0.114. The van der Waals surface area contributed by atoms with Crippen LogP contribution in [-0.4, -0.2) is 14.3 Å². The number of carbonyl (C=O) groups excluding carboxylic acids is 1. The number of furan rings is 1. The normalized spacial score (nSPS) is 11.3. The number of rotatable bonds is 6. The molecular formula is C19H18N2O4S. The van der Waals surface area contributed by atoms with Crippen LogP contribution in [0.2, 0.25) is 0 Å². The lowest BCUT2D eigenvalue weighted by atomic mass is 10.1. The number of amides is 1. The van der Waals surface area contributed by atoms with Crippen molar-refractivity contribution in [3.05, 3.63) is 72.7 Å². The van der Waals surface area contributed by atoms with Gasteiger partial charge in [-0.25, -0.2) is 13.1 Å². The van der Waals surface area contributed by atoms with Crippen LogP contribution < -0.4 is 10.0 Å². The number of anilines is 1. The van der Waals surface area contributed by atoms with Gasteiger partial charge in [0.05, 0.1) is 17.7 Å². The minimum Gasteiger partial charge on any atom is -0.468 e. The summed E-state index contributed by atoms with van der Waals surface area (Å²) in [5.41, 5.74) is 2.51. The number of benzene rings is 2. The first kappa shape index (κ1) is 17.9. The Bertz CT molecular complexity index is 977. The highest BCUT2D eigenvalue weighted by molar-refractivity contribution is 7.89. The third kappa shape index (κ3) is 4.38. The zero-order chi connectivity index (χ0) is 18.6. The number of sulfonamides is 1. The average Bonchev–Trinajstić information content (AvgIpc) is 3.14. The molecular weight excluding hydrogens is 352 g/mol. The zero-order valence-electron chi connectivity index (χ0n) is 14.1. The second-order valence-corrected chi connectivity index (χ2v) is 7.45. The number of nitrogens with one attached hydrogen (secondary N) is 2. The van der Waals surface area contributed by atoms with E-state index in [1.54, 1.807) is 48.5 Å². The summed E-state index contributed by atoms with van der Waals surface area (Å²) >= 11 is 0. The van der Waals surface area contributed by atoms with E-state index in [-0.39, 0.29) is 17.3 Å². The third-order valence-corrected chi connectivity index (χ3v) is 5.14.